The van der Waals surface area contributed by atoms with Crippen LogP contribution in [0.5, 0.6) is 0 Å². The molecule has 1 aliphatic carbocycles. The van der Waals surface area contributed by atoms with Crippen LogP contribution in [0.3, 0.4) is 0 Å². The summed E-state index contributed by atoms with van der Waals surface area (Å²) in [6.45, 7) is 2.95. The molecule has 0 spiro atoms. The predicted molar refractivity (Wildman–Crippen MR) is 67.4 cm³/mol. The van der Waals surface area contributed by atoms with Gasteiger partial charge in [0.1, 0.15) is 0 Å². The van der Waals surface area contributed by atoms with Gasteiger partial charge in [-0.3, -0.25) is 0 Å². The van der Waals surface area contributed by atoms with Crippen LogP contribution in [-0.4, -0.2) is 11.6 Å². The van der Waals surface area contributed by atoms with Crippen LogP contribution in [0.1, 0.15) is 25.3 Å². The van der Waals surface area contributed by atoms with E-state index in [4.69, 9.17) is 0 Å². The second-order valence-electron chi connectivity index (χ2n) is 4.85. The average molecular weight is 275 g/mol. The molecule has 0 radical (unpaired) electrons. The number of thioether (sulfide) groups is 1. The fraction of sp³-hybridized carbons (Fsp3) is 0.538. The van der Waals surface area contributed by atoms with Crippen LogP contribution in [0.4, 0.5) is 13.2 Å². The number of rotatable bonds is 4. The van der Waals surface area contributed by atoms with Crippen molar-refractivity contribution >= 4 is 11.8 Å². The summed E-state index contributed by atoms with van der Waals surface area (Å²) in [7, 11) is 0. The quantitative estimate of drug-likeness (QED) is 0.827. The number of hydrogen-bond donors (Lipinski definition) is 1. The van der Waals surface area contributed by atoms with Crippen molar-refractivity contribution in [1.29, 1.82) is 0 Å². The topological polar surface area (TPSA) is 12.0 Å². The Morgan fingerprint density at radius 3 is 2.33 bits per heavy atom. The zero-order chi connectivity index (χ0) is 13.2. The molecule has 1 aromatic carbocycles. The maximum Gasteiger partial charge on any atom is 0.446 e. The first kappa shape index (κ1) is 13.7. The molecule has 0 bridgehead atoms. The van der Waals surface area contributed by atoms with Crippen molar-refractivity contribution in [3.05, 3.63) is 29.8 Å². The third-order valence-corrected chi connectivity index (χ3v) is 3.86. The van der Waals surface area contributed by atoms with Gasteiger partial charge in [0.05, 0.1) is 0 Å². The van der Waals surface area contributed by atoms with Crippen LogP contribution in [0, 0.1) is 5.92 Å². The van der Waals surface area contributed by atoms with E-state index in [-0.39, 0.29) is 16.7 Å². The predicted octanol–water partition coefficient (Wildman–Crippen LogP) is 4.19. The Morgan fingerprint density at radius 1 is 1.22 bits per heavy atom. The Labute approximate surface area is 109 Å². The fourth-order valence-electron chi connectivity index (χ4n) is 2.14. The van der Waals surface area contributed by atoms with Crippen LogP contribution in [-0.2, 0) is 6.54 Å². The lowest BCUT2D eigenvalue weighted by Crippen LogP contribution is -2.39. The Hall–Kier alpha value is -0.680. The third kappa shape index (κ3) is 4.21. The average Bonchev–Trinajstić information content (AvgIpc) is 2.23. The first-order valence-corrected chi connectivity index (χ1v) is 6.82. The van der Waals surface area contributed by atoms with E-state index in [1.165, 1.54) is 25.0 Å². The normalized spacial score (nSPS) is 23.8. The van der Waals surface area contributed by atoms with Gasteiger partial charge in [0.15, 0.2) is 0 Å². The minimum atomic E-state index is -4.21. The van der Waals surface area contributed by atoms with Crippen LogP contribution in [0.2, 0.25) is 0 Å². The van der Waals surface area contributed by atoms with Crippen molar-refractivity contribution < 1.29 is 13.2 Å². The molecule has 0 aliphatic heterocycles. The zero-order valence-corrected chi connectivity index (χ0v) is 10.9. The fourth-order valence-corrected chi connectivity index (χ4v) is 2.68. The molecule has 1 saturated carbocycles. The van der Waals surface area contributed by atoms with Crippen molar-refractivity contribution in [3.63, 3.8) is 0 Å². The van der Waals surface area contributed by atoms with E-state index in [1.54, 1.807) is 12.1 Å². The molecule has 1 nitrogen and oxygen atoms in total. The maximum absolute atomic E-state index is 12.1. The van der Waals surface area contributed by atoms with Crippen molar-refractivity contribution in [2.75, 3.05) is 0 Å². The highest BCUT2D eigenvalue weighted by Crippen LogP contribution is 2.36. The molecule has 100 valence electrons. The lowest BCUT2D eigenvalue weighted by Gasteiger charge is -2.33. The molecule has 1 aromatic rings. The van der Waals surface area contributed by atoms with Crippen molar-refractivity contribution in [2.24, 2.45) is 5.92 Å². The van der Waals surface area contributed by atoms with Gasteiger partial charge >= 0.3 is 5.51 Å². The molecular weight excluding hydrogens is 259 g/mol. The Balaban J connectivity index is 1.80. The largest absolute Gasteiger partial charge is 0.446 e. The highest BCUT2D eigenvalue weighted by atomic mass is 32.2. The summed E-state index contributed by atoms with van der Waals surface area (Å²) < 4.78 is 36.4. The number of hydrogen-bond acceptors (Lipinski definition) is 2. The third-order valence-electron chi connectivity index (χ3n) is 3.13. The van der Waals surface area contributed by atoms with E-state index < -0.39 is 5.51 Å². The van der Waals surface area contributed by atoms with E-state index in [0.717, 1.165) is 18.0 Å². The lowest BCUT2D eigenvalue weighted by molar-refractivity contribution is -0.0328. The standard InChI is InChI=1S/C13H16F3NS/c1-9-6-11(7-9)17-8-10-2-4-12(5-3-10)18-13(14,15)16/h2-5,9,11,17H,6-8H2,1H3. The molecule has 0 aromatic heterocycles. The summed E-state index contributed by atoms with van der Waals surface area (Å²) in [5.41, 5.74) is -3.18. The van der Waals surface area contributed by atoms with E-state index in [2.05, 4.69) is 12.2 Å². The van der Waals surface area contributed by atoms with Gasteiger partial charge < -0.3 is 5.32 Å². The first-order chi connectivity index (χ1) is 8.42. The molecule has 0 saturated heterocycles. The van der Waals surface area contributed by atoms with Crippen LogP contribution < -0.4 is 5.32 Å². The Bertz CT molecular complexity index is 382. The molecule has 5 heteroatoms. The molecule has 2 rings (SSSR count). The van der Waals surface area contributed by atoms with Gasteiger partial charge in [0.2, 0.25) is 0 Å². The van der Waals surface area contributed by atoms with Crippen molar-refractivity contribution in [1.82, 2.24) is 5.32 Å². The van der Waals surface area contributed by atoms with Crippen molar-refractivity contribution in [2.45, 2.75) is 42.8 Å². The van der Waals surface area contributed by atoms with Gasteiger partial charge in [-0.15, -0.1) is 0 Å². The second-order valence-corrected chi connectivity index (χ2v) is 5.98. The molecule has 1 aliphatic rings. The van der Waals surface area contributed by atoms with E-state index in [1.807, 2.05) is 0 Å². The summed E-state index contributed by atoms with van der Waals surface area (Å²) >= 11 is -0.0706. The summed E-state index contributed by atoms with van der Waals surface area (Å²) in [6, 6.07) is 7.13. The Kier molecular flexibility index (Phi) is 4.22. The first-order valence-electron chi connectivity index (χ1n) is 6.00. The molecule has 18 heavy (non-hydrogen) atoms. The van der Waals surface area contributed by atoms with E-state index in [9.17, 15) is 13.2 Å². The molecule has 0 amide bonds. The van der Waals surface area contributed by atoms with Crippen LogP contribution in [0.25, 0.3) is 0 Å². The number of halogens is 3. The highest BCUT2D eigenvalue weighted by molar-refractivity contribution is 8.00. The molecular formula is C13H16F3NS. The molecule has 0 atom stereocenters. The van der Waals surface area contributed by atoms with Gasteiger partial charge in [-0.05, 0) is 48.2 Å². The van der Waals surface area contributed by atoms with Crippen molar-refractivity contribution in [3.8, 4) is 0 Å². The summed E-state index contributed by atoms with van der Waals surface area (Å²) in [6.07, 6.45) is 2.39. The smallest absolute Gasteiger partial charge is 0.310 e. The van der Waals surface area contributed by atoms with Gasteiger partial charge in [0.25, 0.3) is 0 Å². The number of benzene rings is 1. The second kappa shape index (κ2) is 5.53. The van der Waals surface area contributed by atoms with Crippen LogP contribution in [0.15, 0.2) is 29.2 Å². The minimum Gasteiger partial charge on any atom is -0.310 e. The molecule has 0 heterocycles. The summed E-state index contributed by atoms with van der Waals surface area (Å²) in [5, 5.41) is 3.40. The molecule has 0 unspecified atom stereocenters. The zero-order valence-electron chi connectivity index (χ0n) is 10.1. The molecule has 1 N–H and O–H groups in total. The number of alkyl halides is 3. The van der Waals surface area contributed by atoms with Gasteiger partial charge in [0, 0.05) is 17.5 Å². The van der Waals surface area contributed by atoms with Gasteiger partial charge in [-0.25, -0.2) is 0 Å². The summed E-state index contributed by atoms with van der Waals surface area (Å²) in [5.74, 6) is 0.799. The number of nitrogens with one attached hydrogen (secondary N) is 1. The highest BCUT2D eigenvalue weighted by Gasteiger charge is 2.29. The lowest BCUT2D eigenvalue weighted by atomic mass is 9.82. The van der Waals surface area contributed by atoms with Gasteiger partial charge in [-0.1, -0.05) is 19.1 Å². The monoisotopic (exact) mass is 275 g/mol. The maximum atomic E-state index is 12.1. The van der Waals surface area contributed by atoms with Crippen LogP contribution >= 0.6 is 11.8 Å². The Morgan fingerprint density at radius 2 is 1.83 bits per heavy atom. The summed E-state index contributed by atoms with van der Waals surface area (Å²) in [4.78, 5) is 0.239. The van der Waals surface area contributed by atoms with E-state index in [0.29, 0.717) is 6.04 Å². The minimum absolute atomic E-state index is 0.0706. The molecule has 1 fully saturated rings. The SMILES string of the molecule is CC1CC(NCc2ccc(SC(F)(F)F)cc2)C1. The van der Waals surface area contributed by atoms with E-state index >= 15 is 0 Å². The van der Waals surface area contributed by atoms with Gasteiger partial charge in [-0.2, -0.15) is 13.2 Å².